The van der Waals surface area contributed by atoms with Crippen LogP contribution in [-0.2, 0) is 7.05 Å². The first kappa shape index (κ1) is 13.9. The van der Waals surface area contributed by atoms with Crippen molar-refractivity contribution < 1.29 is 0 Å². The maximum absolute atomic E-state index is 6.17. The van der Waals surface area contributed by atoms with Gasteiger partial charge in [-0.15, -0.1) is 0 Å². The van der Waals surface area contributed by atoms with Gasteiger partial charge in [-0.2, -0.15) is 10.2 Å². The molecule has 2 aromatic heterocycles. The van der Waals surface area contributed by atoms with Crippen molar-refractivity contribution in [1.29, 1.82) is 0 Å². The third kappa shape index (κ3) is 2.25. The molecular formula is C15H16BrN5. The second-order valence-corrected chi connectivity index (χ2v) is 5.85. The van der Waals surface area contributed by atoms with E-state index in [0.717, 1.165) is 32.8 Å². The van der Waals surface area contributed by atoms with Crippen LogP contribution in [0, 0.1) is 13.8 Å². The Bertz CT molecular complexity index is 816. The van der Waals surface area contributed by atoms with Crippen molar-refractivity contribution in [2.24, 2.45) is 7.05 Å². The molecule has 0 aliphatic heterocycles. The summed E-state index contributed by atoms with van der Waals surface area (Å²) < 4.78 is 4.61. The molecule has 3 aromatic rings. The summed E-state index contributed by atoms with van der Waals surface area (Å²) in [5, 5.41) is 9.08. The molecule has 0 saturated carbocycles. The lowest BCUT2D eigenvalue weighted by atomic mass is 10.1. The maximum atomic E-state index is 6.17. The second kappa shape index (κ2) is 5.04. The van der Waals surface area contributed by atoms with Gasteiger partial charge in [0.1, 0.15) is 5.69 Å². The highest BCUT2D eigenvalue weighted by Gasteiger charge is 2.18. The standard InChI is InChI=1S/C15H16BrN5/c1-9-14(10(2)20(3)18-9)15-12(17)8-21(19-15)13-7-5-4-6-11(13)16/h4-8H,17H2,1-3H3. The van der Waals surface area contributed by atoms with Gasteiger partial charge in [-0.25, -0.2) is 4.68 Å². The molecule has 0 spiro atoms. The number of rotatable bonds is 2. The van der Waals surface area contributed by atoms with Crippen LogP contribution in [0.25, 0.3) is 16.9 Å². The van der Waals surface area contributed by atoms with Gasteiger partial charge in [0, 0.05) is 22.8 Å². The second-order valence-electron chi connectivity index (χ2n) is 5.00. The molecule has 0 aliphatic rings. The van der Waals surface area contributed by atoms with E-state index in [1.165, 1.54) is 0 Å². The molecule has 0 unspecified atom stereocenters. The molecule has 0 saturated heterocycles. The molecule has 0 bridgehead atoms. The fourth-order valence-electron chi connectivity index (χ4n) is 2.46. The number of aryl methyl sites for hydroxylation is 2. The topological polar surface area (TPSA) is 61.7 Å². The quantitative estimate of drug-likeness (QED) is 0.775. The SMILES string of the molecule is Cc1nn(C)c(C)c1-c1nn(-c2ccccc2Br)cc1N. The zero-order chi connectivity index (χ0) is 15.1. The van der Waals surface area contributed by atoms with E-state index in [9.17, 15) is 0 Å². The first-order valence-corrected chi connectivity index (χ1v) is 7.39. The van der Waals surface area contributed by atoms with Gasteiger partial charge in [-0.3, -0.25) is 4.68 Å². The number of hydrogen-bond acceptors (Lipinski definition) is 3. The molecule has 21 heavy (non-hydrogen) atoms. The van der Waals surface area contributed by atoms with Crippen LogP contribution in [0.3, 0.4) is 0 Å². The lowest BCUT2D eigenvalue weighted by Gasteiger charge is -2.03. The molecule has 0 amide bonds. The zero-order valence-electron chi connectivity index (χ0n) is 12.1. The van der Waals surface area contributed by atoms with E-state index < -0.39 is 0 Å². The van der Waals surface area contributed by atoms with Crippen LogP contribution in [0.1, 0.15) is 11.4 Å². The van der Waals surface area contributed by atoms with Crippen LogP contribution in [0.2, 0.25) is 0 Å². The van der Waals surface area contributed by atoms with Crippen LogP contribution in [0.15, 0.2) is 34.9 Å². The molecule has 5 nitrogen and oxygen atoms in total. The molecule has 0 atom stereocenters. The van der Waals surface area contributed by atoms with Crippen molar-refractivity contribution in [1.82, 2.24) is 19.6 Å². The average Bonchev–Trinajstić information content (AvgIpc) is 2.91. The number of aromatic nitrogens is 4. The Kier molecular flexibility index (Phi) is 3.33. The lowest BCUT2D eigenvalue weighted by molar-refractivity contribution is 0.731. The summed E-state index contributed by atoms with van der Waals surface area (Å²) in [6, 6.07) is 7.91. The van der Waals surface area contributed by atoms with E-state index in [1.54, 1.807) is 4.68 Å². The first-order chi connectivity index (χ1) is 9.99. The number of para-hydroxylation sites is 1. The highest BCUT2D eigenvalue weighted by Crippen LogP contribution is 2.31. The summed E-state index contributed by atoms with van der Waals surface area (Å²) in [7, 11) is 1.92. The van der Waals surface area contributed by atoms with Gasteiger partial charge in [-0.05, 0) is 41.9 Å². The fraction of sp³-hybridized carbons (Fsp3) is 0.200. The van der Waals surface area contributed by atoms with Gasteiger partial charge in [0.2, 0.25) is 0 Å². The minimum absolute atomic E-state index is 0.643. The largest absolute Gasteiger partial charge is 0.396 e. The van der Waals surface area contributed by atoms with Crippen molar-refractivity contribution >= 4 is 21.6 Å². The van der Waals surface area contributed by atoms with Gasteiger partial charge in [0.25, 0.3) is 0 Å². The highest BCUT2D eigenvalue weighted by molar-refractivity contribution is 9.10. The predicted octanol–water partition coefficient (Wildman–Crippen LogP) is 3.23. The average molecular weight is 346 g/mol. The van der Waals surface area contributed by atoms with Crippen LogP contribution in [0.4, 0.5) is 5.69 Å². The molecule has 0 aliphatic carbocycles. The number of nitrogen functional groups attached to an aromatic ring is 1. The molecule has 0 radical (unpaired) electrons. The third-order valence-electron chi connectivity index (χ3n) is 3.59. The summed E-state index contributed by atoms with van der Waals surface area (Å²) >= 11 is 3.54. The van der Waals surface area contributed by atoms with Gasteiger partial charge in [0.05, 0.1) is 23.3 Å². The van der Waals surface area contributed by atoms with Crippen LogP contribution >= 0.6 is 15.9 Å². The summed E-state index contributed by atoms with van der Waals surface area (Å²) in [5.41, 5.74) is 11.5. The van der Waals surface area contributed by atoms with E-state index in [4.69, 9.17) is 5.73 Å². The van der Waals surface area contributed by atoms with Gasteiger partial charge >= 0.3 is 0 Å². The summed E-state index contributed by atoms with van der Waals surface area (Å²) in [6.07, 6.45) is 1.83. The number of nitrogens with zero attached hydrogens (tertiary/aromatic N) is 4. The number of benzene rings is 1. The Hall–Kier alpha value is -2.08. The van der Waals surface area contributed by atoms with Crippen LogP contribution in [-0.4, -0.2) is 19.6 Å². The van der Waals surface area contributed by atoms with Gasteiger partial charge in [0.15, 0.2) is 0 Å². The van der Waals surface area contributed by atoms with E-state index >= 15 is 0 Å². The third-order valence-corrected chi connectivity index (χ3v) is 4.26. The van der Waals surface area contributed by atoms with Gasteiger partial charge < -0.3 is 5.73 Å². The minimum Gasteiger partial charge on any atom is -0.396 e. The molecule has 6 heteroatoms. The molecular weight excluding hydrogens is 330 g/mol. The number of hydrogen-bond donors (Lipinski definition) is 1. The number of halogens is 1. The Balaban J connectivity index is 2.17. The summed E-state index contributed by atoms with van der Waals surface area (Å²) in [5.74, 6) is 0. The van der Waals surface area contributed by atoms with Crippen molar-refractivity contribution in [2.45, 2.75) is 13.8 Å². The summed E-state index contributed by atoms with van der Waals surface area (Å²) in [6.45, 7) is 3.99. The Labute approximate surface area is 131 Å². The molecule has 1 aromatic carbocycles. The lowest BCUT2D eigenvalue weighted by Crippen LogP contribution is -1.96. The van der Waals surface area contributed by atoms with Crippen molar-refractivity contribution in [3.63, 3.8) is 0 Å². The maximum Gasteiger partial charge on any atom is 0.119 e. The van der Waals surface area contributed by atoms with E-state index in [-0.39, 0.29) is 0 Å². The van der Waals surface area contributed by atoms with Gasteiger partial charge in [-0.1, -0.05) is 12.1 Å². The van der Waals surface area contributed by atoms with E-state index in [2.05, 4.69) is 26.1 Å². The molecule has 108 valence electrons. The Morgan fingerprint density at radius 3 is 2.48 bits per heavy atom. The van der Waals surface area contributed by atoms with E-state index in [1.807, 2.05) is 56.0 Å². The zero-order valence-corrected chi connectivity index (χ0v) is 13.7. The smallest absolute Gasteiger partial charge is 0.119 e. The Morgan fingerprint density at radius 1 is 1.14 bits per heavy atom. The minimum atomic E-state index is 0.643. The molecule has 0 fully saturated rings. The first-order valence-electron chi connectivity index (χ1n) is 6.59. The molecule has 2 heterocycles. The number of nitrogens with two attached hydrogens (primary N) is 1. The fourth-order valence-corrected chi connectivity index (χ4v) is 2.93. The summed E-state index contributed by atoms with van der Waals surface area (Å²) in [4.78, 5) is 0. The number of anilines is 1. The van der Waals surface area contributed by atoms with Crippen LogP contribution < -0.4 is 5.73 Å². The van der Waals surface area contributed by atoms with Crippen molar-refractivity contribution in [3.8, 4) is 16.9 Å². The van der Waals surface area contributed by atoms with Crippen molar-refractivity contribution in [3.05, 3.63) is 46.3 Å². The monoisotopic (exact) mass is 345 g/mol. The Morgan fingerprint density at radius 2 is 1.86 bits per heavy atom. The predicted molar refractivity (Wildman–Crippen MR) is 87.4 cm³/mol. The molecule has 2 N–H and O–H groups in total. The van der Waals surface area contributed by atoms with Crippen LogP contribution in [0.5, 0.6) is 0 Å². The normalized spacial score (nSPS) is 11.0. The highest BCUT2D eigenvalue weighted by atomic mass is 79.9. The van der Waals surface area contributed by atoms with E-state index in [0.29, 0.717) is 5.69 Å². The molecule has 3 rings (SSSR count). The van der Waals surface area contributed by atoms with Crippen molar-refractivity contribution in [2.75, 3.05) is 5.73 Å².